The van der Waals surface area contributed by atoms with Crippen LogP contribution in [0.15, 0.2) is 54.6 Å². The largest absolute Gasteiger partial charge is 0.488 e. The summed E-state index contributed by atoms with van der Waals surface area (Å²) in [5, 5.41) is 3.06. The van der Waals surface area contributed by atoms with Crippen molar-refractivity contribution in [3.05, 3.63) is 76.2 Å². The van der Waals surface area contributed by atoms with Crippen molar-refractivity contribution < 1.29 is 9.53 Å². The number of nitrogens with zero attached hydrogens (tertiary/aromatic N) is 1. The third kappa shape index (κ3) is 3.96. The van der Waals surface area contributed by atoms with Crippen molar-refractivity contribution in [3.8, 4) is 16.2 Å². The summed E-state index contributed by atoms with van der Waals surface area (Å²) in [6.45, 7) is 5.11. The molecule has 0 spiro atoms. The van der Waals surface area contributed by atoms with E-state index in [2.05, 4.69) is 48.5 Å². The quantitative estimate of drug-likeness (QED) is 0.662. The van der Waals surface area contributed by atoms with Gasteiger partial charge in [-0.2, -0.15) is 0 Å². The number of fused-ring (bicyclic) bond motifs is 3. The highest BCUT2D eigenvalue weighted by Gasteiger charge is 2.22. The summed E-state index contributed by atoms with van der Waals surface area (Å²) in [7, 11) is 2.11. The molecule has 0 fully saturated rings. The third-order valence-electron chi connectivity index (χ3n) is 4.98. The molecule has 3 aromatic rings. The van der Waals surface area contributed by atoms with Crippen LogP contribution >= 0.6 is 11.3 Å². The number of nitrogens with one attached hydrogen (secondary N) is 1. The van der Waals surface area contributed by atoms with Gasteiger partial charge in [-0.25, -0.2) is 0 Å². The molecule has 1 aromatic heterocycles. The minimum absolute atomic E-state index is 0.0343. The van der Waals surface area contributed by atoms with E-state index >= 15 is 0 Å². The lowest BCUT2D eigenvalue weighted by Gasteiger charge is -2.16. The first kappa shape index (κ1) is 18.7. The summed E-state index contributed by atoms with van der Waals surface area (Å²) in [6.07, 6.45) is 0. The molecule has 144 valence electrons. The lowest BCUT2D eigenvalue weighted by Crippen LogP contribution is -2.22. The van der Waals surface area contributed by atoms with Gasteiger partial charge in [0.2, 0.25) is 0 Å². The van der Waals surface area contributed by atoms with Crippen LogP contribution in [0, 0.1) is 0 Å². The number of carbonyl (C=O) groups excluding carboxylic acids is 1. The van der Waals surface area contributed by atoms with E-state index in [-0.39, 0.29) is 5.91 Å². The van der Waals surface area contributed by atoms with Crippen LogP contribution in [0.5, 0.6) is 5.75 Å². The minimum atomic E-state index is -0.0343. The Morgan fingerprint density at radius 2 is 1.96 bits per heavy atom. The Hall–Kier alpha value is -2.63. The van der Waals surface area contributed by atoms with Crippen LogP contribution in [-0.4, -0.2) is 24.4 Å². The number of rotatable bonds is 6. The summed E-state index contributed by atoms with van der Waals surface area (Å²) in [5.74, 6) is 0.852. The molecule has 0 saturated carbocycles. The maximum atomic E-state index is 12.7. The van der Waals surface area contributed by atoms with Gasteiger partial charge in [-0.05, 0) is 42.9 Å². The van der Waals surface area contributed by atoms with E-state index in [1.807, 2.05) is 30.3 Å². The average molecular weight is 393 g/mol. The Bertz CT molecular complexity index is 996. The van der Waals surface area contributed by atoms with Crippen LogP contribution < -0.4 is 10.1 Å². The fourth-order valence-corrected chi connectivity index (χ4v) is 4.46. The fourth-order valence-electron chi connectivity index (χ4n) is 3.34. The molecule has 5 heteroatoms. The van der Waals surface area contributed by atoms with Crippen molar-refractivity contribution >= 4 is 17.2 Å². The second-order valence-corrected chi connectivity index (χ2v) is 8.14. The van der Waals surface area contributed by atoms with E-state index in [9.17, 15) is 4.79 Å². The molecule has 0 radical (unpaired) electrons. The summed E-state index contributed by atoms with van der Waals surface area (Å²) >= 11 is 1.54. The molecule has 0 aliphatic carbocycles. The van der Waals surface area contributed by atoms with E-state index < -0.39 is 0 Å². The molecule has 1 N–H and O–H groups in total. The average Bonchev–Trinajstić information content (AvgIpc) is 3.17. The van der Waals surface area contributed by atoms with Gasteiger partial charge in [-0.1, -0.05) is 43.3 Å². The summed E-state index contributed by atoms with van der Waals surface area (Å²) < 4.78 is 5.80. The summed E-state index contributed by atoms with van der Waals surface area (Å²) in [6, 6.07) is 18.3. The Labute approximate surface area is 169 Å². The van der Waals surface area contributed by atoms with Gasteiger partial charge in [0.05, 0.1) is 4.88 Å². The number of benzene rings is 2. The van der Waals surface area contributed by atoms with Crippen LogP contribution in [0.4, 0.5) is 0 Å². The number of para-hydroxylation sites is 1. The maximum absolute atomic E-state index is 12.7. The van der Waals surface area contributed by atoms with Crippen molar-refractivity contribution in [1.29, 1.82) is 0 Å². The number of carbonyl (C=O) groups is 1. The minimum Gasteiger partial charge on any atom is -0.488 e. The lowest BCUT2D eigenvalue weighted by molar-refractivity contribution is 0.0955. The van der Waals surface area contributed by atoms with Gasteiger partial charge in [0, 0.05) is 29.1 Å². The highest BCUT2D eigenvalue weighted by Crippen LogP contribution is 2.42. The molecule has 2 heterocycles. The Kier molecular flexibility index (Phi) is 5.46. The standard InChI is InChI=1S/C23H24N2O2S/c1-3-25(2)14-17-8-6-7-16(11-17)13-24-23(26)21-12-18-15-27-20-10-5-4-9-19(20)22(18)28-21/h4-12H,3,13-15H2,1-2H3,(H,24,26). The third-order valence-corrected chi connectivity index (χ3v) is 6.19. The second-order valence-electron chi connectivity index (χ2n) is 7.08. The molecule has 0 saturated heterocycles. The fraction of sp³-hybridized carbons (Fsp3) is 0.261. The maximum Gasteiger partial charge on any atom is 0.261 e. The molecule has 1 aliphatic rings. The SMILES string of the molecule is CCN(C)Cc1cccc(CNC(=O)c2cc3c(s2)-c2ccccc2OC3)c1. The van der Waals surface area contributed by atoms with Crippen molar-refractivity contribution in [2.45, 2.75) is 26.6 Å². The zero-order valence-corrected chi connectivity index (χ0v) is 17.0. The Balaban J connectivity index is 1.45. The predicted octanol–water partition coefficient (Wildman–Crippen LogP) is 4.69. The topological polar surface area (TPSA) is 41.6 Å². The normalized spacial score (nSPS) is 12.2. The van der Waals surface area contributed by atoms with E-state index in [1.54, 1.807) is 0 Å². The Morgan fingerprint density at radius 1 is 1.14 bits per heavy atom. The second kappa shape index (κ2) is 8.17. The van der Waals surface area contributed by atoms with Gasteiger partial charge in [-0.15, -0.1) is 11.3 Å². The Morgan fingerprint density at radius 3 is 2.82 bits per heavy atom. The molecule has 1 aliphatic heterocycles. The number of hydrogen-bond acceptors (Lipinski definition) is 4. The molecular weight excluding hydrogens is 368 g/mol. The number of amides is 1. The van der Waals surface area contributed by atoms with E-state index in [0.29, 0.717) is 13.2 Å². The van der Waals surface area contributed by atoms with Crippen molar-refractivity contribution in [2.24, 2.45) is 0 Å². The zero-order valence-electron chi connectivity index (χ0n) is 16.2. The monoisotopic (exact) mass is 392 g/mol. The molecule has 4 nitrogen and oxygen atoms in total. The molecular formula is C23H24N2O2S. The van der Waals surface area contributed by atoms with Crippen LogP contribution in [0.3, 0.4) is 0 Å². The van der Waals surface area contributed by atoms with E-state index in [0.717, 1.165) is 45.3 Å². The molecule has 28 heavy (non-hydrogen) atoms. The van der Waals surface area contributed by atoms with E-state index in [1.165, 1.54) is 16.9 Å². The predicted molar refractivity (Wildman–Crippen MR) is 114 cm³/mol. The van der Waals surface area contributed by atoms with Gasteiger partial charge < -0.3 is 15.0 Å². The van der Waals surface area contributed by atoms with Gasteiger partial charge >= 0.3 is 0 Å². The molecule has 0 unspecified atom stereocenters. The smallest absolute Gasteiger partial charge is 0.261 e. The lowest BCUT2D eigenvalue weighted by atomic mass is 10.1. The van der Waals surface area contributed by atoms with Crippen molar-refractivity contribution in [1.82, 2.24) is 10.2 Å². The van der Waals surface area contributed by atoms with Crippen LogP contribution in [0.25, 0.3) is 10.4 Å². The van der Waals surface area contributed by atoms with Gasteiger partial charge in [0.25, 0.3) is 5.91 Å². The first-order chi connectivity index (χ1) is 13.6. The van der Waals surface area contributed by atoms with Gasteiger partial charge in [-0.3, -0.25) is 4.79 Å². The van der Waals surface area contributed by atoms with Crippen molar-refractivity contribution in [2.75, 3.05) is 13.6 Å². The van der Waals surface area contributed by atoms with E-state index in [4.69, 9.17) is 4.74 Å². The zero-order chi connectivity index (χ0) is 19.5. The highest BCUT2D eigenvalue weighted by molar-refractivity contribution is 7.17. The van der Waals surface area contributed by atoms with Crippen LogP contribution in [0.2, 0.25) is 0 Å². The highest BCUT2D eigenvalue weighted by atomic mass is 32.1. The summed E-state index contributed by atoms with van der Waals surface area (Å²) in [4.78, 5) is 16.8. The molecule has 1 amide bonds. The van der Waals surface area contributed by atoms with Crippen molar-refractivity contribution in [3.63, 3.8) is 0 Å². The van der Waals surface area contributed by atoms with Crippen LogP contribution in [0.1, 0.15) is 33.3 Å². The first-order valence-corrected chi connectivity index (χ1v) is 10.3. The van der Waals surface area contributed by atoms with Gasteiger partial charge in [0.1, 0.15) is 12.4 Å². The summed E-state index contributed by atoms with van der Waals surface area (Å²) in [5.41, 5.74) is 4.53. The molecule has 0 bridgehead atoms. The molecule has 2 aromatic carbocycles. The number of hydrogen-bond donors (Lipinski definition) is 1. The number of ether oxygens (including phenoxy) is 1. The number of thiophene rings is 1. The first-order valence-electron chi connectivity index (χ1n) is 9.53. The van der Waals surface area contributed by atoms with Crippen LogP contribution in [-0.2, 0) is 19.7 Å². The molecule has 4 rings (SSSR count). The molecule has 0 atom stereocenters. The van der Waals surface area contributed by atoms with Gasteiger partial charge in [0.15, 0.2) is 0 Å².